The van der Waals surface area contributed by atoms with Crippen LogP contribution in [0.25, 0.3) is 0 Å². The number of aliphatic hydroxyl groups excluding tert-OH is 1. The first-order chi connectivity index (χ1) is 6.81. The highest BCUT2D eigenvalue weighted by Gasteiger charge is 2.46. The SMILES string of the molecule is [2H]P.[3H]O[C@@]1(C)CC(C)(N)C(O)[C@@H](C)O1. The van der Waals surface area contributed by atoms with Crippen LogP contribution in [-0.4, -0.2) is 36.5 Å². The second kappa shape index (κ2) is 3.79. The molecule has 0 bridgehead atoms. The Hall–Kier alpha value is 0.270. The van der Waals surface area contributed by atoms with Crippen LogP contribution >= 0.6 is 9.84 Å². The van der Waals surface area contributed by atoms with Crippen LogP contribution < -0.4 is 5.73 Å². The summed E-state index contributed by atoms with van der Waals surface area (Å²) in [5.41, 5.74) is 5.10. The van der Waals surface area contributed by atoms with Crippen LogP contribution in [0.4, 0.5) is 0 Å². The molecule has 1 saturated heterocycles. The Morgan fingerprint density at radius 3 is 2.69 bits per heavy atom. The lowest BCUT2D eigenvalue weighted by atomic mass is 9.83. The van der Waals surface area contributed by atoms with Crippen molar-refractivity contribution in [3.63, 3.8) is 0 Å². The summed E-state index contributed by atoms with van der Waals surface area (Å²) in [6.45, 7) is 5.09. The highest BCUT2D eigenvalue weighted by molar-refractivity contribution is 6.92. The molecule has 4 nitrogen and oxygen atoms in total. The molecule has 0 aromatic rings. The first-order valence-corrected chi connectivity index (χ1v) is 4.10. The highest BCUT2D eigenvalue weighted by Crippen LogP contribution is 2.32. The molecule has 4 N–H and O–H groups in total. The molecular weight excluding hydrogens is 189 g/mol. The zero-order valence-electron chi connectivity index (χ0n) is 10.3. The van der Waals surface area contributed by atoms with E-state index in [0.717, 1.165) is 0 Å². The van der Waals surface area contributed by atoms with Gasteiger partial charge in [0.2, 0.25) is 1.43 Å². The molecule has 0 spiro atoms. The minimum Gasteiger partial charge on any atom is -0.389 e. The van der Waals surface area contributed by atoms with Gasteiger partial charge in [0, 0.05) is 12.0 Å². The lowest BCUT2D eigenvalue weighted by molar-refractivity contribution is -0.279. The van der Waals surface area contributed by atoms with Crippen LogP contribution in [0.5, 0.6) is 0 Å². The van der Waals surface area contributed by atoms with Crippen molar-refractivity contribution < 1.29 is 15.0 Å². The Morgan fingerprint density at radius 2 is 2.31 bits per heavy atom. The van der Waals surface area contributed by atoms with Gasteiger partial charge in [0.25, 0.3) is 0 Å². The smallest absolute Gasteiger partial charge is 0.214 e. The van der Waals surface area contributed by atoms with Crippen LogP contribution in [0.3, 0.4) is 0 Å². The van der Waals surface area contributed by atoms with Crippen LogP contribution in [-0.2, 0) is 4.74 Å². The van der Waals surface area contributed by atoms with E-state index < -0.39 is 23.5 Å². The minimum absolute atomic E-state index is 0.301. The zero-order chi connectivity index (χ0) is 12.3. The molecule has 0 aliphatic carbocycles. The summed E-state index contributed by atoms with van der Waals surface area (Å²) in [5, 5.41) is 14.1. The predicted molar refractivity (Wildman–Crippen MR) is 55.5 cm³/mol. The third kappa shape index (κ3) is 2.86. The van der Waals surface area contributed by atoms with Crippen LogP contribution in [0, 0.1) is 0 Å². The molecule has 1 aliphatic rings. The minimum atomic E-state index is -1.01. The monoisotopic (exact) mass is 212 g/mol. The molecule has 1 heterocycles. The van der Waals surface area contributed by atoms with E-state index in [1.165, 1.54) is 0 Å². The Bertz CT molecular complexity index is 206. The number of rotatable bonds is 1. The van der Waals surface area contributed by atoms with Crippen molar-refractivity contribution >= 4 is 9.84 Å². The fraction of sp³-hybridized carbons (Fsp3) is 1.00. The first-order valence-electron chi connectivity index (χ1n) is 5.08. The van der Waals surface area contributed by atoms with Gasteiger partial charge in [-0.3, -0.25) is 0 Å². The van der Waals surface area contributed by atoms with Gasteiger partial charge >= 0.3 is 0 Å². The summed E-state index contributed by atoms with van der Waals surface area (Å²) in [6, 6.07) is 0. The van der Waals surface area contributed by atoms with Gasteiger partial charge in [0.15, 0.2) is 5.79 Å². The van der Waals surface area contributed by atoms with Gasteiger partial charge in [-0.1, -0.05) is 0 Å². The second-order valence-electron chi connectivity index (χ2n) is 4.08. The molecule has 1 rings (SSSR count). The summed E-state index contributed by atoms with van der Waals surface area (Å²) in [7, 11) is 1.67. The Kier molecular flexibility index (Phi) is 2.86. The molecule has 13 heavy (non-hydrogen) atoms. The van der Waals surface area contributed by atoms with Crippen molar-refractivity contribution in [2.24, 2.45) is 5.73 Å². The van der Waals surface area contributed by atoms with Gasteiger partial charge < -0.3 is 20.7 Å². The maximum absolute atomic E-state index is 9.67. The number of nitrogens with two attached hydrogens (primary N) is 1. The normalized spacial score (nSPS) is 52.8. The summed E-state index contributed by atoms with van der Waals surface area (Å²) >= 11 is 0. The molecule has 5 heteroatoms. The van der Waals surface area contributed by atoms with Gasteiger partial charge in [0.05, 0.1) is 13.5 Å². The number of ether oxygens (including phenoxy) is 1. The molecule has 1 aliphatic heterocycles. The largest absolute Gasteiger partial charge is 0.389 e. The molecular formula is C8H20NO3P. The standard InChI is InChI=1S/C8H17NO3.H3P/c1-5-6(10)7(2,9)4-8(3,11)12-5;/h5-6,10-11H,4,9H2,1-3H3;1H3/t5-,6?,7?,8-;/m1./s1/i11T;1D. The maximum Gasteiger partial charge on any atom is 0.214 e. The van der Waals surface area contributed by atoms with Crippen molar-refractivity contribution in [3.8, 4) is 0 Å². The van der Waals surface area contributed by atoms with Crippen molar-refractivity contribution in [1.29, 1.82) is 2.71 Å². The fourth-order valence-corrected chi connectivity index (χ4v) is 1.83. The summed E-state index contributed by atoms with van der Waals surface area (Å²) in [5.74, 6) is -1.01. The molecule has 80 valence electrons. The van der Waals surface area contributed by atoms with E-state index in [1.807, 2.05) is 0 Å². The van der Waals surface area contributed by atoms with E-state index in [-0.39, 0.29) is 0 Å². The molecule has 0 radical (unpaired) electrons. The van der Waals surface area contributed by atoms with Crippen LogP contribution in [0.15, 0.2) is 0 Å². The average molecular weight is 212 g/mol. The van der Waals surface area contributed by atoms with Crippen molar-refractivity contribution in [3.05, 3.63) is 0 Å². The van der Waals surface area contributed by atoms with E-state index in [4.69, 9.17) is 13.2 Å². The topological polar surface area (TPSA) is 75.7 Å². The molecule has 0 amide bonds. The highest BCUT2D eigenvalue weighted by atomic mass is 31.0. The third-order valence-electron chi connectivity index (χ3n) is 2.26. The second-order valence-corrected chi connectivity index (χ2v) is 4.08. The lowest BCUT2D eigenvalue weighted by Gasteiger charge is -2.46. The number of hydrogen-bond donors (Lipinski definition) is 3. The van der Waals surface area contributed by atoms with Crippen LogP contribution in [0.2, 0.25) is 0 Å². The van der Waals surface area contributed by atoms with Crippen molar-refractivity contribution in [2.45, 2.75) is 50.7 Å². The Balaban J connectivity index is 0.000000921. The van der Waals surface area contributed by atoms with Crippen molar-refractivity contribution in [1.82, 2.24) is 0 Å². The summed E-state index contributed by atoms with van der Waals surface area (Å²) < 4.78 is 17.9. The summed E-state index contributed by atoms with van der Waals surface area (Å²) in [6.07, 6.45) is -0.843. The number of aliphatic hydroxyl groups is 2. The molecule has 0 saturated carbocycles. The number of hydrogen-bond acceptors (Lipinski definition) is 4. The van der Waals surface area contributed by atoms with Gasteiger partial charge in [0.1, 0.15) is 0 Å². The molecule has 0 aromatic carbocycles. The average Bonchev–Trinajstić information content (AvgIpc) is 2.17. The molecule has 0 aromatic heterocycles. The Labute approximate surface area is 84.9 Å². The molecule has 3 unspecified atom stereocenters. The Morgan fingerprint density at radius 1 is 1.77 bits per heavy atom. The quantitative estimate of drug-likeness (QED) is 0.519. The lowest BCUT2D eigenvalue weighted by Crippen LogP contribution is -2.63. The van der Waals surface area contributed by atoms with Gasteiger partial charge in [-0.2, -0.15) is 9.84 Å². The fourth-order valence-electron chi connectivity index (χ4n) is 1.83. The van der Waals surface area contributed by atoms with E-state index in [2.05, 4.69) is 5.11 Å². The van der Waals surface area contributed by atoms with Gasteiger partial charge in [-0.05, 0) is 20.8 Å². The maximum atomic E-state index is 9.67. The van der Waals surface area contributed by atoms with E-state index >= 15 is 0 Å². The zero-order valence-corrected chi connectivity index (χ0v) is 9.43. The van der Waals surface area contributed by atoms with Gasteiger partial charge in [-0.25, -0.2) is 0 Å². The van der Waals surface area contributed by atoms with Crippen molar-refractivity contribution in [2.75, 3.05) is 0 Å². The van der Waals surface area contributed by atoms with Gasteiger partial charge in [-0.15, -0.1) is 0 Å². The first kappa shape index (κ1) is 9.81. The third-order valence-corrected chi connectivity index (χ3v) is 2.26. The van der Waals surface area contributed by atoms with Crippen LogP contribution in [0.1, 0.15) is 27.2 Å². The van der Waals surface area contributed by atoms with E-state index in [9.17, 15) is 5.11 Å². The molecule has 5 atom stereocenters. The van der Waals surface area contributed by atoms with E-state index in [0.29, 0.717) is 6.42 Å². The predicted octanol–water partition coefficient (Wildman–Crippen LogP) is -0.360. The summed E-state index contributed by atoms with van der Waals surface area (Å²) in [4.78, 5) is 0. The van der Waals surface area contributed by atoms with E-state index in [1.54, 1.807) is 30.6 Å². The molecule has 1 fully saturated rings.